The summed E-state index contributed by atoms with van der Waals surface area (Å²) in [6, 6.07) is 1.58. The van der Waals surface area contributed by atoms with Crippen molar-refractivity contribution in [2.75, 3.05) is 19.6 Å². The van der Waals surface area contributed by atoms with Crippen molar-refractivity contribution in [3.8, 4) is 0 Å². The Labute approximate surface area is 107 Å². The molecule has 2 aliphatic heterocycles. The summed E-state index contributed by atoms with van der Waals surface area (Å²) in [6.07, 6.45) is 9.81. The predicted molar refractivity (Wildman–Crippen MR) is 74.3 cm³/mol. The molecule has 2 heteroatoms. The van der Waals surface area contributed by atoms with E-state index >= 15 is 0 Å². The number of hydrogen-bond acceptors (Lipinski definition) is 2. The number of nitrogens with zero attached hydrogens (tertiary/aromatic N) is 1. The molecule has 2 rings (SSSR count). The van der Waals surface area contributed by atoms with Gasteiger partial charge in [0.05, 0.1) is 0 Å². The molecule has 17 heavy (non-hydrogen) atoms. The van der Waals surface area contributed by atoms with E-state index in [0.29, 0.717) is 0 Å². The second-order valence-corrected chi connectivity index (χ2v) is 6.17. The van der Waals surface area contributed by atoms with E-state index in [9.17, 15) is 0 Å². The minimum Gasteiger partial charge on any atom is -0.314 e. The number of hydrogen-bond donors (Lipinski definition) is 1. The first kappa shape index (κ1) is 13.4. The van der Waals surface area contributed by atoms with Gasteiger partial charge >= 0.3 is 0 Å². The smallest absolute Gasteiger partial charge is 0.00818 e. The Hall–Kier alpha value is -0.0800. The van der Waals surface area contributed by atoms with Crippen LogP contribution < -0.4 is 5.32 Å². The van der Waals surface area contributed by atoms with Crippen LogP contribution in [-0.2, 0) is 0 Å². The van der Waals surface area contributed by atoms with Crippen LogP contribution in [0.25, 0.3) is 0 Å². The van der Waals surface area contributed by atoms with Gasteiger partial charge < -0.3 is 10.2 Å². The minimum atomic E-state index is 0.785. The Morgan fingerprint density at radius 3 is 2.88 bits per heavy atom. The van der Waals surface area contributed by atoms with Crippen LogP contribution in [0.1, 0.15) is 58.8 Å². The highest BCUT2D eigenvalue weighted by Crippen LogP contribution is 2.25. The number of piperidine rings is 1. The predicted octanol–water partition coefficient (Wildman–Crippen LogP) is 3.03. The lowest BCUT2D eigenvalue weighted by molar-refractivity contribution is 0.208. The van der Waals surface area contributed by atoms with E-state index in [1.54, 1.807) is 0 Å². The van der Waals surface area contributed by atoms with E-state index in [1.807, 2.05) is 0 Å². The summed E-state index contributed by atoms with van der Waals surface area (Å²) in [7, 11) is 0. The Bertz CT molecular complexity index is 211. The first-order valence-electron chi connectivity index (χ1n) is 7.77. The van der Waals surface area contributed by atoms with Crippen molar-refractivity contribution in [2.45, 2.75) is 70.9 Å². The van der Waals surface area contributed by atoms with E-state index in [1.165, 1.54) is 64.6 Å². The third kappa shape index (κ3) is 3.96. The fraction of sp³-hybridized carbons (Fsp3) is 1.00. The SMILES string of the molecule is CCCC1CCN(C(C)CC2CCCCN2)C1. The van der Waals surface area contributed by atoms with Crippen molar-refractivity contribution in [3.63, 3.8) is 0 Å². The lowest BCUT2D eigenvalue weighted by Crippen LogP contribution is -2.41. The molecule has 100 valence electrons. The van der Waals surface area contributed by atoms with Crippen LogP contribution in [0.4, 0.5) is 0 Å². The molecule has 0 aromatic carbocycles. The van der Waals surface area contributed by atoms with Crippen LogP contribution in [-0.4, -0.2) is 36.6 Å². The molecule has 2 heterocycles. The Morgan fingerprint density at radius 1 is 1.29 bits per heavy atom. The van der Waals surface area contributed by atoms with Gasteiger partial charge in [-0.05, 0) is 58.0 Å². The van der Waals surface area contributed by atoms with Gasteiger partial charge in [-0.1, -0.05) is 19.8 Å². The molecule has 0 amide bonds. The molecule has 3 atom stereocenters. The molecule has 0 aromatic rings. The molecule has 0 spiro atoms. The van der Waals surface area contributed by atoms with Crippen LogP contribution in [0.5, 0.6) is 0 Å². The second-order valence-electron chi connectivity index (χ2n) is 6.17. The molecule has 2 fully saturated rings. The van der Waals surface area contributed by atoms with Crippen molar-refractivity contribution in [1.82, 2.24) is 10.2 Å². The zero-order valence-electron chi connectivity index (χ0n) is 11.8. The third-order valence-corrected chi connectivity index (χ3v) is 4.68. The zero-order chi connectivity index (χ0) is 12.1. The summed E-state index contributed by atoms with van der Waals surface area (Å²) < 4.78 is 0. The van der Waals surface area contributed by atoms with Gasteiger partial charge in [-0.25, -0.2) is 0 Å². The third-order valence-electron chi connectivity index (χ3n) is 4.68. The van der Waals surface area contributed by atoms with Gasteiger partial charge in [0.2, 0.25) is 0 Å². The number of nitrogens with one attached hydrogen (secondary N) is 1. The Kier molecular flexibility index (Phi) is 5.30. The van der Waals surface area contributed by atoms with E-state index in [4.69, 9.17) is 0 Å². The lowest BCUT2D eigenvalue weighted by Gasteiger charge is -2.31. The number of rotatable bonds is 5. The van der Waals surface area contributed by atoms with Gasteiger partial charge in [0.25, 0.3) is 0 Å². The molecule has 0 saturated carbocycles. The largest absolute Gasteiger partial charge is 0.314 e. The maximum absolute atomic E-state index is 3.68. The van der Waals surface area contributed by atoms with Crippen LogP contribution in [0.15, 0.2) is 0 Å². The molecule has 0 aliphatic carbocycles. The summed E-state index contributed by atoms with van der Waals surface area (Å²) in [4.78, 5) is 2.73. The van der Waals surface area contributed by atoms with E-state index in [0.717, 1.165) is 18.0 Å². The molecule has 1 N–H and O–H groups in total. The molecule has 3 unspecified atom stereocenters. The van der Waals surface area contributed by atoms with E-state index in [-0.39, 0.29) is 0 Å². The minimum absolute atomic E-state index is 0.785. The average molecular weight is 238 g/mol. The molecule has 2 saturated heterocycles. The van der Waals surface area contributed by atoms with Gasteiger partial charge in [-0.2, -0.15) is 0 Å². The first-order valence-corrected chi connectivity index (χ1v) is 7.77. The summed E-state index contributed by atoms with van der Waals surface area (Å²) in [5, 5.41) is 3.68. The van der Waals surface area contributed by atoms with Crippen LogP contribution in [0.2, 0.25) is 0 Å². The van der Waals surface area contributed by atoms with Crippen LogP contribution in [0, 0.1) is 5.92 Å². The van der Waals surface area contributed by atoms with Gasteiger partial charge in [0.15, 0.2) is 0 Å². The quantitative estimate of drug-likeness (QED) is 0.792. The highest BCUT2D eigenvalue weighted by Gasteiger charge is 2.27. The van der Waals surface area contributed by atoms with Crippen molar-refractivity contribution in [1.29, 1.82) is 0 Å². The molecule has 0 aromatic heterocycles. The van der Waals surface area contributed by atoms with Crippen LogP contribution in [0.3, 0.4) is 0 Å². The maximum Gasteiger partial charge on any atom is 0.00818 e. The van der Waals surface area contributed by atoms with Crippen molar-refractivity contribution >= 4 is 0 Å². The fourth-order valence-corrected chi connectivity index (χ4v) is 3.59. The fourth-order valence-electron chi connectivity index (χ4n) is 3.59. The normalized spacial score (nSPS) is 32.8. The highest BCUT2D eigenvalue weighted by molar-refractivity contribution is 4.83. The molecule has 2 nitrogen and oxygen atoms in total. The lowest BCUT2D eigenvalue weighted by atomic mass is 9.98. The molecule has 2 aliphatic rings. The first-order chi connectivity index (χ1) is 8.29. The zero-order valence-corrected chi connectivity index (χ0v) is 11.8. The number of likely N-dealkylation sites (tertiary alicyclic amines) is 1. The van der Waals surface area contributed by atoms with Crippen molar-refractivity contribution < 1.29 is 0 Å². The standard InChI is InChI=1S/C15H30N2/c1-3-6-14-8-10-17(12-14)13(2)11-15-7-4-5-9-16-15/h13-16H,3-12H2,1-2H3. The summed E-state index contributed by atoms with van der Waals surface area (Å²) in [6.45, 7) is 8.71. The molecule has 0 radical (unpaired) electrons. The summed E-state index contributed by atoms with van der Waals surface area (Å²) >= 11 is 0. The van der Waals surface area contributed by atoms with Gasteiger partial charge in [0.1, 0.15) is 0 Å². The monoisotopic (exact) mass is 238 g/mol. The van der Waals surface area contributed by atoms with Gasteiger partial charge in [-0.15, -0.1) is 0 Å². The highest BCUT2D eigenvalue weighted by atomic mass is 15.2. The van der Waals surface area contributed by atoms with Gasteiger partial charge in [-0.3, -0.25) is 0 Å². The van der Waals surface area contributed by atoms with Crippen LogP contribution >= 0.6 is 0 Å². The molecular weight excluding hydrogens is 208 g/mol. The summed E-state index contributed by atoms with van der Waals surface area (Å²) in [5.74, 6) is 0.988. The summed E-state index contributed by atoms with van der Waals surface area (Å²) in [5.41, 5.74) is 0. The van der Waals surface area contributed by atoms with E-state index in [2.05, 4.69) is 24.1 Å². The second kappa shape index (κ2) is 6.75. The average Bonchev–Trinajstić information content (AvgIpc) is 2.79. The molecule has 0 bridgehead atoms. The topological polar surface area (TPSA) is 15.3 Å². The maximum atomic E-state index is 3.68. The van der Waals surface area contributed by atoms with E-state index < -0.39 is 0 Å². The Morgan fingerprint density at radius 2 is 2.18 bits per heavy atom. The Balaban J connectivity index is 1.70. The molecular formula is C15H30N2. The van der Waals surface area contributed by atoms with Crippen molar-refractivity contribution in [3.05, 3.63) is 0 Å². The van der Waals surface area contributed by atoms with Gasteiger partial charge in [0, 0.05) is 18.6 Å². The van der Waals surface area contributed by atoms with Crippen molar-refractivity contribution in [2.24, 2.45) is 5.92 Å².